The number of hydrogen-bond donors (Lipinski definition) is 0. The lowest BCUT2D eigenvalue weighted by Crippen LogP contribution is -2.29. The van der Waals surface area contributed by atoms with Crippen LogP contribution in [-0.2, 0) is 4.79 Å². The minimum atomic E-state index is -0.538. The van der Waals surface area contributed by atoms with Crippen LogP contribution in [0.4, 0.5) is 5.69 Å². The lowest BCUT2D eigenvalue weighted by Gasteiger charge is -2.15. The predicted octanol–water partition coefficient (Wildman–Crippen LogP) is 0.991. The van der Waals surface area contributed by atoms with Crippen molar-refractivity contribution in [3.63, 3.8) is 0 Å². The lowest BCUT2D eigenvalue weighted by atomic mass is 10.4. The Morgan fingerprint density at radius 2 is 2.39 bits per heavy atom. The molecule has 18 heavy (non-hydrogen) atoms. The molecule has 0 unspecified atom stereocenters. The first-order valence-corrected chi connectivity index (χ1v) is 5.68. The molecule has 0 bridgehead atoms. The maximum Gasteiger partial charge on any atom is 0.330 e. The van der Waals surface area contributed by atoms with Gasteiger partial charge in [-0.15, -0.1) is 0 Å². The van der Waals surface area contributed by atoms with Gasteiger partial charge in [0.1, 0.15) is 6.61 Å². The maximum atomic E-state index is 11.3. The topological polar surface area (TPSA) is 85.6 Å². The number of carbonyl (C=O) groups is 1. The maximum absolute atomic E-state index is 11.3. The summed E-state index contributed by atoms with van der Waals surface area (Å²) in [7, 11) is 0. The van der Waals surface area contributed by atoms with Crippen molar-refractivity contribution in [1.29, 1.82) is 0 Å². The predicted molar refractivity (Wildman–Crippen MR) is 62.2 cm³/mol. The molecule has 0 atom stereocenters. The molecular formula is C11H13N3O4. The molecule has 0 spiro atoms. The Labute approximate surface area is 104 Å². The van der Waals surface area contributed by atoms with Gasteiger partial charge in [0.25, 0.3) is 5.88 Å². The lowest BCUT2D eigenvalue weighted by molar-refractivity contribution is -0.386. The molecule has 96 valence electrons. The van der Waals surface area contributed by atoms with E-state index < -0.39 is 4.92 Å². The second kappa shape index (κ2) is 5.44. The fourth-order valence-corrected chi connectivity index (χ4v) is 1.83. The van der Waals surface area contributed by atoms with Crippen LogP contribution in [0, 0.1) is 10.1 Å². The first kappa shape index (κ1) is 12.3. The number of carbonyl (C=O) groups excluding carboxylic acids is 1. The molecule has 2 rings (SSSR count). The van der Waals surface area contributed by atoms with Crippen LogP contribution in [0.5, 0.6) is 5.88 Å². The van der Waals surface area contributed by atoms with Crippen molar-refractivity contribution in [2.75, 3.05) is 19.7 Å². The van der Waals surface area contributed by atoms with E-state index in [0.29, 0.717) is 13.0 Å². The summed E-state index contributed by atoms with van der Waals surface area (Å²) in [5.74, 6) is 0.100. The van der Waals surface area contributed by atoms with E-state index in [4.69, 9.17) is 4.74 Å². The van der Waals surface area contributed by atoms with Crippen LogP contribution in [-0.4, -0.2) is 40.4 Å². The second-order valence-electron chi connectivity index (χ2n) is 3.92. The van der Waals surface area contributed by atoms with E-state index in [2.05, 4.69) is 4.98 Å². The second-order valence-corrected chi connectivity index (χ2v) is 3.92. The van der Waals surface area contributed by atoms with E-state index in [1.54, 1.807) is 4.90 Å². The van der Waals surface area contributed by atoms with Gasteiger partial charge in [-0.05, 0) is 12.5 Å². The van der Waals surface area contributed by atoms with E-state index in [9.17, 15) is 14.9 Å². The molecule has 7 nitrogen and oxygen atoms in total. The zero-order valence-corrected chi connectivity index (χ0v) is 9.74. The highest BCUT2D eigenvalue weighted by molar-refractivity contribution is 5.78. The van der Waals surface area contributed by atoms with Crippen molar-refractivity contribution in [3.8, 4) is 5.88 Å². The van der Waals surface area contributed by atoms with Crippen molar-refractivity contribution >= 4 is 11.6 Å². The van der Waals surface area contributed by atoms with Gasteiger partial charge < -0.3 is 9.64 Å². The molecule has 7 heteroatoms. The van der Waals surface area contributed by atoms with E-state index >= 15 is 0 Å². The highest BCUT2D eigenvalue weighted by atomic mass is 16.6. The molecule has 1 aliphatic rings. The normalized spacial score (nSPS) is 14.9. The van der Waals surface area contributed by atoms with Gasteiger partial charge in [-0.25, -0.2) is 4.98 Å². The first-order valence-electron chi connectivity index (χ1n) is 5.68. The molecule has 1 saturated heterocycles. The summed E-state index contributed by atoms with van der Waals surface area (Å²) in [4.78, 5) is 27.0. The van der Waals surface area contributed by atoms with Gasteiger partial charge in [-0.1, -0.05) is 0 Å². The Hall–Kier alpha value is -2.18. The summed E-state index contributed by atoms with van der Waals surface area (Å²) in [5.41, 5.74) is -0.162. The van der Waals surface area contributed by atoms with E-state index in [-0.39, 0.29) is 24.1 Å². The summed E-state index contributed by atoms with van der Waals surface area (Å²) < 4.78 is 5.26. The number of likely N-dealkylation sites (tertiary alicyclic amines) is 1. The van der Waals surface area contributed by atoms with Crippen molar-refractivity contribution in [3.05, 3.63) is 28.4 Å². The standard InChI is InChI=1S/C11H13N3O4/c15-10-4-2-6-13(10)7-8-18-11-9(14(16)17)3-1-5-12-11/h1,3,5H,2,4,6-8H2. The highest BCUT2D eigenvalue weighted by Gasteiger charge is 2.20. The van der Waals surface area contributed by atoms with Gasteiger partial charge in [0.2, 0.25) is 5.91 Å². The molecule has 1 amide bonds. The molecule has 0 saturated carbocycles. The van der Waals surface area contributed by atoms with Crippen LogP contribution >= 0.6 is 0 Å². The van der Waals surface area contributed by atoms with E-state index in [1.807, 2.05) is 0 Å². The fraction of sp³-hybridized carbons (Fsp3) is 0.455. The van der Waals surface area contributed by atoms with Crippen LogP contribution in [0.1, 0.15) is 12.8 Å². The number of ether oxygens (including phenoxy) is 1. The third-order valence-electron chi connectivity index (χ3n) is 2.72. The zero-order valence-electron chi connectivity index (χ0n) is 9.74. The molecule has 0 radical (unpaired) electrons. The average molecular weight is 251 g/mol. The van der Waals surface area contributed by atoms with Crippen LogP contribution in [0.2, 0.25) is 0 Å². The number of aromatic nitrogens is 1. The average Bonchev–Trinajstić information content (AvgIpc) is 2.76. The van der Waals surface area contributed by atoms with Crippen molar-refractivity contribution in [2.24, 2.45) is 0 Å². The number of nitrogens with zero attached hydrogens (tertiary/aromatic N) is 3. The van der Waals surface area contributed by atoms with Gasteiger partial charge in [-0.3, -0.25) is 14.9 Å². The SMILES string of the molecule is O=C1CCCN1CCOc1ncccc1[N+](=O)[O-]. The summed E-state index contributed by atoms with van der Waals surface area (Å²) in [6.45, 7) is 1.38. The fourth-order valence-electron chi connectivity index (χ4n) is 1.83. The van der Waals surface area contributed by atoms with E-state index in [0.717, 1.165) is 13.0 Å². The minimum absolute atomic E-state index is 0.00542. The van der Waals surface area contributed by atoms with Crippen LogP contribution < -0.4 is 4.74 Å². The molecule has 1 aliphatic heterocycles. The summed E-state index contributed by atoms with van der Waals surface area (Å²) >= 11 is 0. The monoisotopic (exact) mass is 251 g/mol. The molecule has 2 heterocycles. The van der Waals surface area contributed by atoms with Crippen LogP contribution in [0.15, 0.2) is 18.3 Å². The first-order chi connectivity index (χ1) is 8.68. The Kier molecular flexibility index (Phi) is 3.71. The van der Waals surface area contributed by atoms with Crippen molar-refractivity contribution in [2.45, 2.75) is 12.8 Å². The van der Waals surface area contributed by atoms with Crippen molar-refractivity contribution < 1.29 is 14.5 Å². The molecule has 1 aromatic rings. The third kappa shape index (κ3) is 2.73. The molecule has 0 aliphatic carbocycles. The number of amides is 1. The van der Waals surface area contributed by atoms with Gasteiger partial charge in [0.15, 0.2) is 0 Å². The molecule has 0 N–H and O–H groups in total. The van der Waals surface area contributed by atoms with Gasteiger partial charge >= 0.3 is 5.69 Å². The molecule has 1 aromatic heterocycles. The number of rotatable bonds is 5. The Balaban J connectivity index is 1.90. The summed E-state index contributed by atoms with van der Waals surface area (Å²) in [6.07, 6.45) is 2.87. The molecule has 0 aromatic carbocycles. The number of hydrogen-bond acceptors (Lipinski definition) is 5. The summed E-state index contributed by atoms with van der Waals surface area (Å²) in [5, 5.41) is 10.7. The van der Waals surface area contributed by atoms with Gasteiger partial charge in [0, 0.05) is 25.2 Å². The molecular weight excluding hydrogens is 238 g/mol. The highest BCUT2D eigenvalue weighted by Crippen LogP contribution is 2.22. The minimum Gasteiger partial charge on any atom is -0.471 e. The Morgan fingerprint density at radius 1 is 1.56 bits per heavy atom. The number of nitro groups is 1. The quantitative estimate of drug-likeness (QED) is 0.575. The smallest absolute Gasteiger partial charge is 0.330 e. The van der Waals surface area contributed by atoms with E-state index in [1.165, 1.54) is 18.3 Å². The Morgan fingerprint density at radius 3 is 3.06 bits per heavy atom. The third-order valence-corrected chi connectivity index (χ3v) is 2.72. The van der Waals surface area contributed by atoms with Crippen LogP contribution in [0.25, 0.3) is 0 Å². The van der Waals surface area contributed by atoms with Crippen LogP contribution in [0.3, 0.4) is 0 Å². The molecule has 1 fully saturated rings. The van der Waals surface area contributed by atoms with Gasteiger partial charge in [-0.2, -0.15) is 0 Å². The zero-order chi connectivity index (χ0) is 13.0. The number of pyridine rings is 1. The van der Waals surface area contributed by atoms with Crippen molar-refractivity contribution in [1.82, 2.24) is 9.88 Å². The largest absolute Gasteiger partial charge is 0.471 e. The van der Waals surface area contributed by atoms with Gasteiger partial charge in [0.05, 0.1) is 11.5 Å². The summed E-state index contributed by atoms with van der Waals surface area (Å²) in [6, 6.07) is 2.82. The Bertz CT molecular complexity index is 463.